The largest absolute Gasteiger partial charge is 0.358 e. The maximum atomic E-state index is 12.9. The molecule has 2 heterocycles. The van der Waals surface area contributed by atoms with Crippen LogP contribution in [0.1, 0.15) is 48.8 Å². The van der Waals surface area contributed by atoms with Gasteiger partial charge in [-0.2, -0.15) is 0 Å². The summed E-state index contributed by atoms with van der Waals surface area (Å²) in [5.74, 6) is -0.408. The van der Waals surface area contributed by atoms with E-state index < -0.39 is 5.92 Å². The third-order valence-electron chi connectivity index (χ3n) is 6.50. The molecule has 1 aromatic heterocycles. The standard InChI is InChI=1S/C20H20N2O3/c1-22-19(24)16-11-8-6-10(23)7-9-12(11)18-15(17(16)20(22)25)13-4-2-3-5-14(13)21-18/h2-5,11-12,16-17,21H,6-9H2,1H3. The number of para-hydroxylation sites is 1. The van der Waals surface area contributed by atoms with Gasteiger partial charge in [-0.05, 0) is 30.4 Å². The summed E-state index contributed by atoms with van der Waals surface area (Å²) in [6.07, 6.45) is 2.54. The van der Waals surface area contributed by atoms with E-state index in [0.29, 0.717) is 19.3 Å². The number of Topliss-reactive ketones (excluding diaryl/α,β-unsaturated/α-hetero) is 1. The summed E-state index contributed by atoms with van der Waals surface area (Å²) in [7, 11) is 1.59. The SMILES string of the molecule is CN1C(=O)C2c3c([nH]c4ccccc34)C3CCC(=O)CCC3C2C1=O. The van der Waals surface area contributed by atoms with Crippen molar-refractivity contribution in [3.8, 4) is 0 Å². The number of nitrogens with one attached hydrogen (secondary N) is 1. The topological polar surface area (TPSA) is 70.2 Å². The number of carbonyl (C=O) groups excluding carboxylic acids is 3. The molecule has 1 N–H and O–H groups in total. The lowest BCUT2D eigenvalue weighted by atomic mass is 9.64. The zero-order valence-corrected chi connectivity index (χ0v) is 14.1. The molecule has 5 heteroatoms. The monoisotopic (exact) mass is 336 g/mol. The Labute approximate surface area is 145 Å². The Balaban J connectivity index is 1.79. The van der Waals surface area contributed by atoms with Crippen LogP contribution in [0.15, 0.2) is 24.3 Å². The fraction of sp³-hybridized carbons (Fsp3) is 0.450. The summed E-state index contributed by atoms with van der Waals surface area (Å²) in [5.41, 5.74) is 3.09. The number of aromatic amines is 1. The summed E-state index contributed by atoms with van der Waals surface area (Å²) in [6, 6.07) is 7.99. The highest BCUT2D eigenvalue weighted by molar-refractivity contribution is 6.10. The first-order chi connectivity index (χ1) is 12.1. The lowest BCUT2D eigenvalue weighted by molar-refractivity contribution is -0.138. The minimum absolute atomic E-state index is 0.0680. The van der Waals surface area contributed by atoms with Crippen LogP contribution < -0.4 is 0 Å². The van der Waals surface area contributed by atoms with E-state index in [2.05, 4.69) is 4.98 Å². The molecule has 1 aromatic carbocycles. The molecule has 0 spiro atoms. The van der Waals surface area contributed by atoms with E-state index in [1.807, 2.05) is 24.3 Å². The van der Waals surface area contributed by atoms with Crippen LogP contribution in [0.3, 0.4) is 0 Å². The molecule has 2 aromatic rings. The first-order valence-corrected chi connectivity index (χ1v) is 9.01. The van der Waals surface area contributed by atoms with Crippen LogP contribution in [0.5, 0.6) is 0 Å². The Morgan fingerprint density at radius 1 is 1.04 bits per heavy atom. The second kappa shape index (κ2) is 5.04. The van der Waals surface area contributed by atoms with Crippen molar-refractivity contribution in [2.75, 3.05) is 7.05 Å². The molecular formula is C20H20N2O3. The van der Waals surface area contributed by atoms with Gasteiger partial charge in [0.2, 0.25) is 11.8 Å². The van der Waals surface area contributed by atoms with Crippen LogP contribution in [0, 0.1) is 11.8 Å². The van der Waals surface area contributed by atoms with Gasteiger partial charge in [-0.1, -0.05) is 18.2 Å². The van der Waals surface area contributed by atoms with Gasteiger partial charge in [0.25, 0.3) is 0 Å². The van der Waals surface area contributed by atoms with Gasteiger partial charge in [0.15, 0.2) is 0 Å². The van der Waals surface area contributed by atoms with Crippen molar-refractivity contribution in [1.29, 1.82) is 0 Å². The van der Waals surface area contributed by atoms with Gasteiger partial charge in [0.1, 0.15) is 5.78 Å². The minimum atomic E-state index is -0.405. The van der Waals surface area contributed by atoms with E-state index in [1.54, 1.807) is 7.05 Å². The number of imide groups is 1. The van der Waals surface area contributed by atoms with E-state index in [4.69, 9.17) is 0 Å². The molecule has 2 fully saturated rings. The maximum Gasteiger partial charge on any atom is 0.237 e. The van der Waals surface area contributed by atoms with E-state index >= 15 is 0 Å². The van der Waals surface area contributed by atoms with Gasteiger partial charge in [0.05, 0.1) is 11.8 Å². The average molecular weight is 336 g/mol. The molecule has 0 bridgehead atoms. The molecule has 25 heavy (non-hydrogen) atoms. The highest BCUT2D eigenvalue weighted by atomic mass is 16.2. The second-order valence-electron chi connectivity index (χ2n) is 7.62. The molecule has 2 amide bonds. The van der Waals surface area contributed by atoms with Crippen LogP contribution in [0.25, 0.3) is 10.9 Å². The molecular weight excluding hydrogens is 316 g/mol. The van der Waals surface area contributed by atoms with Crippen molar-refractivity contribution in [2.45, 2.75) is 37.5 Å². The molecule has 2 aliphatic carbocycles. The third-order valence-corrected chi connectivity index (χ3v) is 6.50. The summed E-state index contributed by atoms with van der Waals surface area (Å²) >= 11 is 0. The number of hydrogen-bond donors (Lipinski definition) is 1. The first-order valence-electron chi connectivity index (χ1n) is 9.01. The number of rotatable bonds is 0. The molecule has 5 nitrogen and oxygen atoms in total. The van der Waals surface area contributed by atoms with Gasteiger partial charge in [0, 0.05) is 42.4 Å². The van der Waals surface area contributed by atoms with Crippen LogP contribution in [0.4, 0.5) is 0 Å². The van der Waals surface area contributed by atoms with Crippen LogP contribution in [-0.4, -0.2) is 34.5 Å². The van der Waals surface area contributed by atoms with Crippen molar-refractivity contribution in [2.24, 2.45) is 11.8 Å². The van der Waals surface area contributed by atoms with Crippen LogP contribution >= 0.6 is 0 Å². The van der Waals surface area contributed by atoms with Crippen molar-refractivity contribution >= 4 is 28.5 Å². The van der Waals surface area contributed by atoms with Crippen molar-refractivity contribution in [3.63, 3.8) is 0 Å². The van der Waals surface area contributed by atoms with Gasteiger partial charge in [-0.15, -0.1) is 0 Å². The number of carbonyl (C=O) groups is 3. The van der Waals surface area contributed by atoms with Crippen molar-refractivity contribution < 1.29 is 14.4 Å². The van der Waals surface area contributed by atoms with Gasteiger partial charge >= 0.3 is 0 Å². The number of likely N-dealkylation sites (N-methyl/N-ethyl adjacent to an activating group) is 1. The van der Waals surface area contributed by atoms with Gasteiger partial charge in [-0.3, -0.25) is 19.3 Å². The van der Waals surface area contributed by atoms with Crippen LogP contribution in [-0.2, 0) is 14.4 Å². The molecule has 3 aliphatic rings. The highest BCUT2D eigenvalue weighted by Crippen LogP contribution is 2.55. The number of benzene rings is 1. The third kappa shape index (κ3) is 1.86. The van der Waals surface area contributed by atoms with E-state index in [1.165, 1.54) is 4.90 Å². The quantitative estimate of drug-likeness (QED) is 0.752. The molecule has 1 aliphatic heterocycles. The molecule has 4 atom stereocenters. The minimum Gasteiger partial charge on any atom is -0.358 e. The smallest absolute Gasteiger partial charge is 0.237 e. The predicted molar refractivity (Wildman–Crippen MR) is 92.0 cm³/mol. The summed E-state index contributed by atoms with van der Waals surface area (Å²) in [5, 5.41) is 1.04. The molecule has 1 saturated heterocycles. The highest BCUT2D eigenvalue weighted by Gasteiger charge is 2.57. The Morgan fingerprint density at radius 3 is 2.64 bits per heavy atom. The predicted octanol–water partition coefficient (Wildman–Crippen LogP) is 2.72. The number of nitrogens with zero attached hydrogens (tertiary/aromatic N) is 1. The lowest BCUT2D eigenvalue weighted by Crippen LogP contribution is -2.35. The zero-order valence-electron chi connectivity index (χ0n) is 14.1. The normalized spacial score (nSPS) is 31.7. The number of hydrogen-bond acceptors (Lipinski definition) is 3. The number of H-pyrrole nitrogens is 1. The Bertz CT molecular complexity index is 928. The molecule has 0 radical (unpaired) electrons. The number of amides is 2. The number of likely N-dealkylation sites (tertiary alicyclic amines) is 1. The number of ketones is 1. The number of aromatic nitrogens is 1. The Hall–Kier alpha value is -2.43. The first kappa shape index (κ1) is 14.9. The molecule has 4 unspecified atom stereocenters. The van der Waals surface area contributed by atoms with Crippen molar-refractivity contribution in [1.82, 2.24) is 9.88 Å². The summed E-state index contributed by atoms with van der Waals surface area (Å²) in [6.45, 7) is 0. The van der Waals surface area contributed by atoms with Gasteiger partial charge in [-0.25, -0.2) is 0 Å². The molecule has 1 saturated carbocycles. The van der Waals surface area contributed by atoms with Crippen molar-refractivity contribution in [3.05, 3.63) is 35.5 Å². The second-order valence-corrected chi connectivity index (χ2v) is 7.62. The fourth-order valence-electron chi connectivity index (χ4n) is 5.36. The fourth-order valence-corrected chi connectivity index (χ4v) is 5.36. The molecule has 128 valence electrons. The van der Waals surface area contributed by atoms with E-state index in [9.17, 15) is 14.4 Å². The average Bonchev–Trinajstić information content (AvgIpc) is 3.01. The van der Waals surface area contributed by atoms with E-state index in [-0.39, 0.29) is 35.4 Å². The summed E-state index contributed by atoms with van der Waals surface area (Å²) < 4.78 is 0. The molecule has 5 rings (SSSR count). The van der Waals surface area contributed by atoms with E-state index in [0.717, 1.165) is 28.6 Å². The maximum absolute atomic E-state index is 12.9. The Morgan fingerprint density at radius 2 is 1.80 bits per heavy atom. The van der Waals surface area contributed by atoms with Gasteiger partial charge < -0.3 is 4.98 Å². The van der Waals surface area contributed by atoms with Crippen LogP contribution in [0.2, 0.25) is 0 Å². The lowest BCUT2D eigenvalue weighted by Gasteiger charge is -2.36. The number of fused-ring (bicyclic) bond motifs is 8. The summed E-state index contributed by atoms with van der Waals surface area (Å²) in [4.78, 5) is 42.6. The Kier molecular flexibility index (Phi) is 3.00. The zero-order chi connectivity index (χ0) is 17.3.